The zero-order valence-electron chi connectivity index (χ0n) is 9.22. The van der Waals surface area contributed by atoms with Gasteiger partial charge < -0.3 is 4.74 Å². The Morgan fingerprint density at radius 1 is 1.23 bits per heavy atom. The maximum atomic E-state index is 5.75. The van der Waals surface area contributed by atoms with Crippen molar-refractivity contribution in [2.24, 2.45) is 0 Å². The molecule has 0 spiro atoms. The quantitative estimate of drug-likeness (QED) is 0.389. The van der Waals surface area contributed by atoms with Crippen LogP contribution in [0.25, 0.3) is 0 Å². The van der Waals surface area contributed by atoms with Gasteiger partial charge in [0, 0.05) is 6.61 Å². The molecule has 0 bridgehead atoms. The van der Waals surface area contributed by atoms with Crippen molar-refractivity contribution in [2.45, 2.75) is 58.5 Å². The fraction of sp³-hybridized carbons (Fsp3) is 0.833. The van der Waals surface area contributed by atoms with Gasteiger partial charge in [0.25, 0.3) is 0 Å². The molecule has 0 rings (SSSR count). The Balaban J connectivity index is 3.47. The van der Waals surface area contributed by atoms with Crippen LogP contribution in [-0.4, -0.2) is 12.7 Å². The van der Waals surface area contributed by atoms with Gasteiger partial charge in [-0.2, -0.15) is 0 Å². The van der Waals surface area contributed by atoms with Gasteiger partial charge in [0.05, 0.1) is 6.10 Å². The van der Waals surface area contributed by atoms with Crippen molar-refractivity contribution in [3.63, 3.8) is 0 Å². The third-order valence-corrected chi connectivity index (χ3v) is 2.16. The Bertz CT molecular complexity index is 110. The molecule has 0 aromatic rings. The lowest BCUT2D eigenvalue weighted by Gasteiger charge is -2.15. The van der Waals surface area contributed by atoms with Gasteiger partial charge in [-0.1, -0.05) is 39.2 Å². The van der Waals surface area contributed by atoms with Crippen LogP contribution >= 0.6 is 0 Å². The van der Waals surface area contributed by atoms with Crippen molar-refractivity contribution >= 4 is 0 Å². The summed E-state index contributed by atoms with van der Waals surface area (Å²) in [5.41, 5.74) is 0. The van der Waals surface area contributed by atoms with Gasteiger partial charge in [0.2, 0.25) is 0 Å². The van der Waals surface area contributed by atoms with E-state index in [0.29, 0.717) is 6.10 Å². The molecule has 0 heterocycles. The molecular formula is C12H24O. The standard InChI is InChI=1S/C12H24O/c1-4-7-10-12(9-6-3)13-11-8-5-2/h6,12H,3-5,7-11H2,1-2H3. The van der Waals surface area contributed by atoms with E-state index in [1.807, 2.05) is 6.08 Å². The topological polar surface area (TPSA) is 9.23 Å². The first-order chi connectivity index (χ1) is 6.35. The Kier molecular flexibility index (Phi) is 9.56. The molecule has 1 nitrogen and oxygen atoms in total. The zero-order chi connectivity index (χ0) is 9.94. The minimum atomic E-state index is 0.420. The second-order valence-corrected chi connectivity index (χ2v) is 3.51. The number of unbranched alkanes of at least 4 members (excludes halogenated alkanes) is 2. The van der Waals surface area contributed by atoms with Gasteiger partial charge in [-0.15, -0.1) is 6.58 Å². The van der Waals surface area contributed by atoms with Gasteiger partial charge >= 0.3 is 0 Å². The van der Waals surface area contributed by atoms with Crippen LogP contribution in [0, 0.1) is 0 Å². The molecule has 0 saturated heterocycles. The third-order valence-electron chi connectivity index (χ3n) is 2.16. The van der Waals surface area contributed by atoms with Gasteiger partial charge in [-0.3, -0.25) is 0 Å². The highest BCUT2D eigenvalue weighted by molar-refractivity contribution is 4.73. The van der Waals surface area contributed by atoms with Crippen LogP contribution in [0.4, 0.5) is 0 Å². The van der Waals surface area contributed by atoms with Crippen molar-refractivity contribution in [2.75, 3.05) is 6.61 Å². The average molecular weight is 184 g/mol. The molecule has 1 heteroatoms. The molecular weight excluding hydrogens is 160 g/mol. The molecule has 0 aliphatic heterocycles. The van der Waals surface area contributed by atoms with E-state index in [1.54, 1.807) is 0 Å². The first-order valence-electron chi connectivity index (χ1n) is 5.57. The van der Waals surface area contributed by atoms with Crippen LogP contribution in [0.3, 0.4) is 0 Å². The molecule has 0 aliphatic carbocycles. The normalized spacial score (nSPS) is 12.8. The fourth-order valence-electron chi connectivity index (χ4n) is 1.28. The monoisotopic (exact) mass is 184 g/mol. The van der Waals surface area contributed by atoms with Crippen LogP contribution < -0.4 is 0 Å². The molecule has 0 amide bonds. The van der Waals surface area contributed by atoms with Gasteiger partial charge in [-0.05, 0) is 19.3 Å². The van der Waals surface area contributed by atoms with E-state index >= 15 is 0 Å². The molecule has 1 unspecified atom stereocenters. The van der Waals surface area contributed by atoms with Crippen molar-refractivity contribution in [1.29, 1.82) is 0 Å². The average Bonchev–Trinajstić information content (AvgIpc) is 2.14. The lowest BCUT2D eigenvalue weighted by atomic mass is 10.1. The Morgan fingerprint density at radius 3 is 2.46 bits per heavy atom. The van der Waals surface area contributed by atoms with E-state index in [9.17, 15) is 0 Å². The van der Waals surface area contributed by atoms with Crippen LogP contribution in [-0.2, 0) is 4.74 Å². The Hall–Kier alpha value is -0.300. The van der Waals surface area contributed by atoms with E-state index in [1.165, 1.54) is 32.1 Å². The summed E-state index contributed by atoms with van der Waals surface area (Å²) in [6, 6.07) is 0. The predicted octanol–water partition coefficient (Wildman–Crippen LogP) is 3.94. The van der Waals surface area contributed by atoms with Crippen LogP contribution in [0.1, 0.15) is 52.4 Å². The Morgan fingerprint density at radius 2 is 1.92 bits per heavy atom. The van der Waals surface area contributed by atoms with Gasteiger partial charge in [0.1, 0.15) is 0 Å². The summed E-state index contributed by atoms with van der Waals surface area (Å²) < 4.78 is 5.75. The van der Waals surface area contributed by atoms with Crippen LogP contribution in [0.2, 0.25) is 0 Å². The molecule has 1 atom stereocenters. The van der Waals surface area contributed by atoms with Gasteiger partial charge in [-0.25, -0.2) is 0 Å². The SMILES string of the molecule is C=CCC(CCCC)OCCCC. The molecule has 0 aromatic heterocycles. The molecule has 0 aromatic carbocycles. The lowest BCUT2D eigenvalue weighted by molar-refractivity contribution is 0.0463. The number of hydrogen-bond donors (Lipinski definition) is 0. The smallest absolute Gasteiger partial charge is 0.0609 e. The molecule has 78 valence electrons. The molecule has 0 N–H and O–H groups in total. The molecule has 0 saturated carbocycles. The molecule has 0 radical (unpaired) electrons. The van der Waals surface area contributed by atoms with Gasteiger partial charge in [0.15, 0.2) is 0 Å². The van der Waals surface area contributed by atoms with Crippen LogP contribution in [0.15, 0.2) is 12.7 Å². The summed E-state index contributed by atoms with van der Waals surface area (Å²) in [6.07, 6.45) is 9.50. The molecule has 0 aliphatic rings. The summed E-state index contributed by atoms with van der Waals surface area (Å²) in [5.74, 6) is 0. The summed E-state index contributed by atoms with van der Waals surface area (Å²) in [5, 5.41) is 0. The minimum Gasteiger partial charge on any atom is -0.378 e. The Labute approximate surface area is 83.2 Å². The van der Waals surface area contributed by atoms with E-state index in [2.05, 4.69) is 20.4 Å². The molecule has 0 fully saturated rings. The summed E-state index contributed by atoms with van der Waals surface area (Å²) >= 11 is 0. The van der Waals surface area contributed by atoms with E-state index in [0.717, 1.165) is 13.0 Å². The molecule has 13 heavy (non-hydrogen) atoms. The summed E-state index contributed by atoms with van der Waals surface area (Å²) in [7, 11) is 0. The second-order valence-electron chi connectivity index (χ2n) is 3.51. The van der Waals surface area contributed by atoms with E-state index in [-0.39, 0.29) is 0 Å². The van der Waals surface area contributed by atoms with Crippen molar-refractivity contribution < 1.29 is 4.74 Å². The van der Waals surface area contributed by atoms with Crippen LogP contribution in [0.5, 0.6) is 0 Å². The predicted molar refractivity (Wildman–Crippen MR) is 59.0 cm³/mol. The maximum Gasteiger partial charge on any atom is 0.0609 e. The van der Waals surface area contributed by atoms with E-state index in [4.69, 9.17) is 4.74 Å². The summed E-state index contributed by atoms with van der Waals surface area (Å²) in [6.45, 7) is 9.08. The fourth-order valence-corrected chi connectivity index (χ4v) is 1.28. The number of ether oxygens (including phenoxy) is 1. The highest BCUT2D eigenvalue weighted by Crippen LogP contribution is 2.10. The first kappa shape index (κ1) is 12.7. The number of rotatable bonds is 9. The van der Waals surface area contributed by atoms with Crippen molar-refractivity contribution in [3.05, 3.63) is 12.7 Å². The van der Waals surface area contributed by atoms with Crippen molar-refractivity contribution in [3.8, 4) is 0 Å². The minimum absolute atomic E-state index is 0.420. The zero-order valence-corrected chi connectivity index (χ0v) is 9.22. The number of hydrogen-bond acceptors (Lipinski definition) is 1. The third kappa shape index (κ3) is 8.04. The largest absolute Gasteiger partial charge is 0.378 e. The lowest BCUT2D eigenvalue weighted by Crippen LogP contribution is -2.12. The highest BCUT2D eigenvalue weighted by Gasteiger charge is 2.05. The van der Waals surface area contributed by atoms with Crippen molar-refractivity contribution in [1.82, 2.24) is 0 Å². The first-order valence-corrected chi connectivity index (χ1v) is 5.57. The maximum absolute atomic E-state index is 5.75. The second kappa shape index (κ2) is 9.79. The highest BCUT2D eigenvalue weighted by atomic mass is 16.5. The summed E-state index contributed by atoms with van der Waals surface area (Å²) in [4.78, 5) is 0. The van der Waals surface area contributed by atoms with E-state index < -0.39 is 0 Å².